The molecule has 6 rings (SSSR count). The third-order valence-corrected chi connectivity index (χ3v) is 6.54. The number of amides is 1. The Morgan fingerprint density at radius 3 is 2.50 bits per heavy atom. The van der Waals surface area contributed by atoms with Gasteiger partial charge in [-0.3, -0.25) is 9.78 Å². The predicted octanol–water partition coefficient (Wildman–Crippen LogP) is 4.82. The van der Waals surface area contributed by atoms with Crippen LogP contribution in [0, 0.1) is 0 Å². The first-order valence-electron chi connectivity index (χ1n) is 12.5. The summed E-state index contributed by atoms with van der Waals surface area (Å²) in [6, 6.07) is 17.8. The number of hydrogen-bond acceptors (Lipinski definition) is 8. The van der Waals surface area contributed by atoms with E-state index in [0.29, 0.717) is 37.7 Å². The molecule has 1 unspecified atom stereocenters. The summed E-state index contributed by atoms with van der Waals surface area (Å²) < 4.78 is 51.7. The van der Waals surface area contributed by atoms with Gasteiger partial charge in [0, 0.05) is 30.4 Å². The van der Waals surface area contributed by atoms with Crippen molar-refractivity contribution in [1.82, 2.24) is 9.97 Å². The lowest BCUT2D eigenvalue weighted by Crippen LogP contribution is -2.36. The summed E-state index contributed by atoms with van der Waals surface area (Å²) >= 11 is 0. The number of aromatic nitrogens is 2. The van der Waals surface area contributed by atoms with Crippen LogP contribution in [0.15, 0.2) is 82.5 Å². The van der Waals surface area contributed by atoms with Crippen LogP contribution in [0.4, 0.5) is 30.6 Å². The number of aliphatic imine (C=N–C) groups is 1. The maximum absolute atomic E-state index is 13.5. The molecule has 0 radical (unpaired) electrons. The number of alkyl halides is 3. The van der Waals surface area contributed by atoms with Gasteiger partial charge in [-0.2, -0.15) is 13.2 Å². The van der Waals surface area contributed by atoms with Crippen LogP contribution in [0.5, 0.6) is 0 Å². The van der Waals surface area contributed by atoms with E-state index in [1.807, 2.05) is 48.5 Å². The molecule has 40 heavy (non-hydrogen) atoms. The van der Waals surface area contributed by atoms with E-state index < -0.39 is 23.8 Å². The van der Waals surface area contributed by atoms with Gasteiger partial charge in [0.2, 0.25) is 6.17 Å². The van der Waals surface area contributed by atoms with E-state index in [2.05, 4.69) is 20.6 Å². The number of ether oxygens (including phenoxy) is 1. The number of oxazole rings is 1. The van der Waals surface area contributed by atoms with Crippen molar-refractivity contribution >= 4 is 29.0 Å². The van der Waals surface area contributed by atoms with Crippen molar-refractivity contribution in [2.75, 3.05) is 41.8 Å². The predicted molar refractivity (Wildman–Crippen MR) is 142 cm³/mol. The number of nitrogens with zero attached hydrogens (tertiary/aromatic N) is 4. The lowest BCUT2D eigenvalue weighted by atomic mass is 10.0. The van der Waals surface area contributed by atoms with Gasteiger partial charge in [0.1, 0.15) is 5.69 Å². The lowest BCUT2D eigenvalue weighted by molar-refractivity contribution is -0.137. The zero-order valence-corrected chi connectivity index (χ0v) is 21.0. The molecule has 9 nitrogen and oxygen atoms in total. The van der Waals surface area contributed by atoms with E-state index in [0.717, 1.165) is 23.4 Å². The molecule has 2 aliphatic heterocycles. The van der Waals surface area contributed by atoms with Crippen LogP contribution >= 0.6 is 0 Å². The SMILES string of the molecule is O=C1Nc2ccccc2C(c2ccccc2)=NC1Nc1ncc(-c2ncc(C(F)(F)F)cc2N2CCOCC2)o1. The van der Waals surface area contributed by atoms with Crippen molar-refractivity contribution in [1.29, 1.82) is 0 Å². The quantitative estimate of drug-likeness (QED) is 0.369. The van der Waals surface area contributed by atoms with Crippen LogP contribution in [0.1, 0.15) is 16.7 Å². The van der Waals surface area contributed by atoms with Gasteiger partial charge in [-0.05, 0) is 12.1 Å². The Balaban J connectivity index is 1.34. The van der Waals surface area contributed by atoms with Crippen LogP contribution in [0.3, 0.4) is 0 Å². The largest absolute Gasteiger partial charge is 0.422 e. The normalized spacial score (nSPS) is 17.5. The summed E-state index contributed by atoms with van der Waals surface area (Å²) in [5, 5.41) is 5.79. The number of benzodiazepines with no additional fused rings is 1. The van der Waals surface area contributed by atoms with Gasteiger partial charge in [-0.25, -0.2) is 9.98 Å². The number of carbonyl (C=O) groups is 1. The fourth-order valence-electron chi connectivity index (χ4n) is 4.59. The van der Waals surface area contributed by atoms with Crippen LogP contribution < -0.4 is 15.5 Å². The summed E-state index contributed by atoms with van der Waals surface area (Å²) in [5.41, 5.74) is 2.36. The van der Waals surface area contributed by atoms with Gasteiger partial charge in [0.15, 0.2) is 5.76 Å². The van der Waals surface area contributed by atoms with Gasteiger partial charge in [0.25, 0.3) is 11.9 Å². The smallest absolute Gasteiger partial charge is 0.417 e. The molecule has 1 fully saturated rings. The summed E-state index contributed by atoms with van der Waals surface area (Å²) in [5.74, 6) is -0.290. The first-order valence-corrected chi connectivity index (χ1v) is 12.5. The molecule has 0 bridgehead atoms. The average Bonchev–Trinajstić information content (AvgIpc) is 3.38. The molecule has 1 atom stereocenters. The summed E-state index contributed by atoms with van der Waals surface area (Å²) in [6.07, 6.45) is -3.54. The van der Waals surface area contributed by atoms with Crippen molar-refractivity contribution < 1.29 is 27.1 Å². The fraction of sp³-hybridized carbons (Fsp3) is 0.214. The zero-order valence-electron chi connectivity index (χ0n) is 21.0. The number of halogens is 3. The minimum absolute atomic E-state index is 0.0353. The highest BCUT2D eigenvalue weighted by molar-refractivity contribution is 6.19. The molecule has 1 amide bonds. The Kier molecular flexibility index (Phi) is 6.68. The van der Waals surface area contributed by atoms with E-state index in [1.54, 1.807) is 11.0 Å². The molecular formula is C28H23F3N6O3. The second kappa shape index (κ2) is 10.5. The zero-order chi connectivity index (χ0) is 27.7. The van der Waals surface area contributed by atoms with E-state index in [-0.39, 0.29) is 23.2 Å². The number of rotatable bonds is 5. The molecule has 12 heteroatoms. The fourth-order valence-corrected chi connectivity index (χ4v) is 4.59. The Morgan fingerprint density at radius 1 is 0.975 bits per heavy atom. The Bertz CT molecular complexity index is 1570. The van der Waals surface area contributed by atoms with E-state index in [4.69, 9.17) is 14.1 Å². The van der Waals surface area contributed by atoms with Crippen LogP contribution in [0.25, 0.3) is 11.5 Å². The molecule has 204 valence electrons. The number of para-hydroxylation sites is 1. The van der Waals surface area contributed by atoms with Gasteiger partial charge in [-0.15, -0.1) is 0 Å². The van der Waals surface area contributed by atoms with Crippen LogP contribution in [-0.2, 0) is 15.7 Å². The molecule has 0 spiro atoms. The Hall–Kier alpha value is -4.71. The first-order chi connectivity index (χ1) is 19.4. The molecule has 2 aliphatic rings. The molecule has 0 saturated carbocycles. The minimum atomic E-state index is -4.56. The van der Waals surface area contributed by atoms with E-state index in [9.17, 15) is 18.0 Å². The van der Waals surface area contributed by atoms with Gasteiger partial charge < -0.3 is 24.7 Å². The maximum atomic E-state index is 13.5. The molecule has 1 saturated heterocycles. The monoisotopic (exact) mass is 548 g/mol. The Morgan fingerprint density at radius 2 is 1.73 bits per heavy atom. The number of nitrogens with one attached hydrogen (secondary N) is 2. The topological polar surface area (TPSA) is 105 Å². The number of carbonyl (C=O) groups excluding carboxylic acids is 1. The molecule has 2 aromatic carbocycles. The van der Waals surface area contributed by atoms with Crippen molar-refractivity contribution in [2.24, 2.45) is 4.99 Å². The number of benzene rings is 2. The minimum Gasteiger partial charge on any atom is -0.422 e. The third-order valence-electron chi connectivity index (χ3n) is 6.54. The molecule has 2 N–H and O–H groups in total. The van der Waals surface area contributed by atoms with Crippen LogP contribution in [0.2, 0.25) is 0 Å². The standard InChI is InChI=1S/C28H23F3N6O3/c29-28(30,31)18-14-21(37-10-12-39-13-11-37)24(32-15-18)22-16-33-27(40-22)36-25-26(38)34-20-9-5-4-8-19(20)23(35-25)17-6-2-1-3-7-17/h1-9,14-16,25H,10-13H2,(H,33,36)(H,34,38). The van der Waals surface area contributed by atoms with Gasteiger partial charge in [0.05, 0.1) is 42.1 Å². The second-order valence-corrected chi connectivity index (χ2v) is 9.14. The van der Waals surface area contributed by atoms with Gasteiger partial charge in [-0.1, -0.05) is 48.5 Å². The van der Waals surface area contributed by atoms with Crippen molar-refractivity contribution in [3.63, 3.8) is 0 Å². The molecular weight excluding hydrogens is 525 g/mol. The maximum Gasteiger partial charge on any atom is 0.417 e. The third kappa shape index (κ3) is 5.13. The number of hydrogen-bond donors (Lipinski definition) is 2. The number of morpholine rings is 1. The van der Waals surface area contributed by atoms with Crippen LogP contribution in [-0.4, -0.2) is 54.1 Å². The van der Waals surface area contributed by atoms with Crippen molar-refractivity contribution in [2.45, 2.75) is 12.3 Å². The Labute approximate surface area is 226 Å². The molecule has 0 aliphatic carbocycles. The number of fused-ring (bicyclic) bond motifs is 1. The molecule has 4 aromatic rings. The average molecular weight is 549 g/mol. The number of pyridine rings is 1. The van der Waals surface area contributed by atoms with E-state index in [1.165, 1.54) is 6.20 Å². The van der Waals surface area contributed by atoms with Gasteiger partial charge >= 0.3 is 6.18 Å². The highest BCUT2D eigenvalue weighted by Crippen LogP contribution is 2.37. The highest BCUT2D eigenvalue weighted by atomic mass is 19.4. The molecule has 4 heterocycles. The van der Waals surface area contributed by atoms with Crippen molar-refractivity contribution in [3.05, 3.63) is 89.7 Å². The summed E-state index contributed by atoms with van der Waals surface area (Å²) in [4.78, 5) is 27.9. The second-order valence-electron chi connectivity index (χ2n) is 9.14. The molecule has 2 aromatic heterocycles. The summed E-state index contributed by atoms with van der Waals surface area (Å²) in [7, 11) is 0. The van der Waals surface area contributed by atoms with E-state index >= 15 is 0 Å². The first kappa shape index (κ1) is 25.6. The highest BCUT2D eigenvalue weighted by Gasteiger charge is 2.33. The lowest BCUT2D eigenvalue weighted by Gasteiger charge is -2.30. The summed E-state index contributed by atoms with van der Waals surface area (Å²) in [6.45, 7) is 1.55. The van der Waals surface area contributed by atoms with Crippen molar-refractivity contribution in [3.8, 4) is 11.5 Å². The number of anilines is 3.